The first kappa shape index (κ1) is 14.8. The van der Waals surface area contributed by atoms with Gasteiger partial charge in [-0.05, 0) is 29.6 Å². The zero-order valence-electron chi connectivity index (χ0n) is 11.1. The summed E-state index contributed by atoms with van der Waals surface area (Å²) in [5, 5.41) is 12.5. The van der Waals surface area contributed by atoms with Gasteiger partial charge < -0.3 is 5.32 Å². The van der Waals surface area contributed by atoms with E-state index >= 15 is 0 Å². The molecular weight excluding hydrogens is 296 g/mol. The molecule has 0 amide bonds. The van der Waals surface area contributed by atoms with Crippen molar-refractivity contribution in [2.45, 2.75) is 40.1 Å². The Hall–Kier alpha value is -0.630. The number of nitrogens with one attached hydrogen (secondary N) is 1. The summed E-state index contributed by atoms with van der Waals surface area (Å²) in [7, 11) is 0. The second-order valence-electron chi connectivity index (χ2n) is 4.18. The molecule has 0 aliphatic heterocycles. The first-order chi connectivity index (χ1) is 9.17. The Morgan fingerprint density at radius 1 is 1.26 bits per heavy atom. The predicted octanol–water partition coefficient (Wildman–Crippen LogP) is 3.30. The highest BCUT2D eigenvalue weighted by Gasteiger charge is 2.06. The maximum atomic E-state index is 4.44. The van der Waals surface area contributed by atoms with Crippen LogP contribution in [0.4, 0.5) is 0 Å². The Bertz CT molecular complexity index is 510. The molecule has 0 aliphatic carbocycles. The van der Waals surface area contributed by atoms with Gasteiger partial charge in [-0.3, -0.25) is 0 Å². The molecule has 2 aromatic heterocycles. The highest BCUT2D eigenvalue weighted by molar-refractivity contribution is 8.02. The minimum absolute atomic E-state index is 0.486. The number of hydrogen-bond donors (Lipinski definition) is 1. The van der Waals surface area contributed by atoms with Crippen LogP contribution >= 0.6 is 34.9 Å². The fraction of sp³-hybridized carbons (Fsp3) is 0.417. The predicted molar refractivity (Wildman–Crippen MR) is 82.0 cm³/mol. The first-order valence-corrected chi connectivity index (χ1v) is 8.77. The average molecular weight is 312 g/mol. The van der Waals surface area contributed by atoms with Crippen LogP contribution in [0.3, 0.4) is 0 Å². The third-order valence-corrected chi connectivity index (χ3v) is 5.17. The number of pyridine rings is 1. The third-order valence-electron chi connectivity index (χ3n) is 2.27. The zero-order valence-corrected chi connectivity index (χ0v) is 13.5. The van der Waals surface area contributed by atoms with E-state index in [2.05, 4.69) is 40.4 Å². The van der Waals surface area contributed by atoms with Crippen molar-refractivity contribution in [3.8, 4) is 0 Å². The molecule has 0 aliphatic rings. The highest BCUT2D eigenvalue weighted by Crippen LogP contribution is 2.31. The Labute approximate surface area is 125 Å². The van der Waals surface area contributed by atoms with Crippen molar-refractivity contribution in [2.75, 3.05) is 6.26 Å². The molecule has 4 nitrogen and oxygen atoms in total. The minimum Gasteiger partial charge on any atom is -0.310 e. The van der Waals surface area contributed by atoms with Crippen LogP contribution < -0.4 is 5.32 Å². The van der Waals surface area contributed by atoms with Gasteiger partial charge in [-0.2, -0.15) is 0 Å². The molecule has 0 fully saturated rings. The number of thioether (sulfide) groups is 1. The van der Waals surface area contributed by atoms with Gasteiger partial charge in [-0.1, -0.05) is 43.0 Å². The van der Waals surface area contributed by atoms with Gasteiger partial charge in [0.2, 0.25) is 0 Å². The van der Waals surface area contributed by atoms with E-state index in [1.54, 1.807) is 34.9 Å². The number of nitrogens with zero attached hydrogens (tertiary/aromatic N) is 3. The Kier molecular flexibility index (Phi) is 5.62. The Morgan fingerprint density at radius 3 is 2.63 bits per heavy atom. The molecule has 0 spiro atoms. The van der Waals surface area contributed by atoms with E-state index in [1.807, 2.05) is 18.5 Å². The van der Waals surface area contributed by atoms with Gasteiger partial charge >= 0.3 is 0 Å². The lowest BCUT2D eigenvalue weighted by atomic mass is 10.2. The molecule has 2 rings (SSSR count). The molecule has 0 bridgehead atoms. The summed E-state index contributed by atoms with van der Waals surface area (Å²) in [6.07, 6.45) is 3.91. The summed E-state index contributed by atoms with van der Waals surface area (Å²) < 4.78 is 1.92. The van der Waals surface area contributed by atoms with Gasteiger partial charge in [-0.25, -0.2) is 4.98 Å². The summed E-state index contributed by atoms with van der Waals surface area (Å²) >= 11 is 4.77. The Balaban J connectivity index is 1.94. The van der Waals surface area contributed by atoms with Crippen LogP contribution in [0.5, 0.6) is 0 Å². The summed E-state index contributed by atoms with van der Waals surface area (Å²) in [5.41, 5.74) is 1.19. The van der Waals surface area contributed by atoms with E-state index in [-0.39, 0.29) is 0 Å². The molecule has 102 valence electrons. The highest BCUT2D eigenvalue weighted by atomic mass is 32.2. The van der Waals surface area contributed by atoms with Crippen LogP contribution in [0.25, 0.3) is 0 Å². The molecule has 2 heterocycles. The summed E-state index contributed by atoms with van der Waals surface area (Å²) in [6.45, 7) is 5.12. The molecule has 7 heteroatoms. The quantitative estimate of drug-likeness (QED) is 0.826. The monoisotopic (exact) mass is 312 g/mol. The second-order valence-corrected chi connectivity index (χ2v) is 7.48. The van der Waals surface area contributed by atoms with Gasteiger partial charge in [0.1, 0.15) is 5.03 Å². The fourth-order valence-corrected chi connectivity index (χ4v) is 3.63. The molecule has 0 radical (unpaired) electrons. The first-order valence-electron chi connectivity index (χ1n) is 5.91. The topological polar surface area (TPSA) is 50.7 Å². The standard InChI is InChI=1S/C12H16N4S3/c1-8(2)13-6-9-4-5-10(14-7-9)18-12-16-15-11(17-3)19-12/h4-5,7-8,13H,6H2,1-3H3. The molecule has 1 N–H and O–H groups in total. The fourth-order valence-electron chi connectivity index (χ4n) is 1.31. The van der Waals surface area contributed by atoms with E-state index in [4.69, 9.17) is 0 Å². The molecule has 0 saturated carbocycles. The number of rotatable bonds is 6. The van der Waals surface area contributed by atoms with Crippen LogP contribution in [-0.4, -0.2) is 27.5 Å². The number of hydrogen-bond acceptors (Lipinski definition) is 7. The van der Waals surface area contributed by atoms with Gasteiger partial charge in [0.05, 0.1) is 0 Å². The summed E-state index contributed by atoms with van der Waals surface area (Å²) in [5.74, 6) is 0. The molecule has 0 unspecified atom stereocenters. The van der Waals surface area contributed by atoms with Crippen molar-refractivity contribution in [3.63, 3.8) is 0 Å². The van der Waals surface area contributed by atoms with Gasteiger partial charge in [0.15, 0.2) is 8.68 Å². The minimum atomic E-state index is 0.486. The van der Waals surface area contributed by atoms with Gasteiger partial charge in [0.25, 0.3) is 0 Å². The summed E-state index contributed by atoms with van der Waals surface area (Å²) in [6, 6.07) is 4.61. The van der Waals surface area contributed by atoms with Gasteiger partial charge in [-0.15, -0.1) is 10.2 Å². The van der Waals surface area contributed by atoms with Crippen molar-refractivity contribution in [2.24, 2.45) is 0 Å². The van der Waals surface area contributed by atoms with Crippen molar-refractivity contribution in [1.82, 2.24) is 20.5 Å². The molecule has 19 heavy (non-hydrogen) atoms. The van der Waals surface area contributed by atoms with Crippen LogP contribution in [0.2, 0.25) is 0 Å². The molecule has 2 aromatic rings. The Morgan fingerprint density at radius 2 is 2.05 bits per heavy atom. The largest absolute Gasteiger partial charge is 0.310 e. The van der Waals surface area contributed by atoms with E-state index in [0.29, 0.717) is 6.04 Å². The maximum absolute atomic E-state index is 4.44. The number of aromatic nitrogens is 3. The third kappa shape index (κ3) is 4.76. The maximum Gasteiger partial charge on any atom is 0.181 e. The van der Waals surface area contributed by atoms with E-state index in [9.17, 15) is 0 Å². The zero-order chi connectivity index (χ0) is 13.7. The molecular formula is C12H16N4S3. The van der Waals surface area contributed by atoms with Crippen LogP contribution in [0.15, 0.2) is 32.0 Å². The lowest BCUT2D eigenvalue weighted by molar-refractivity contribution is 0.587. The van der Waals surface area contributed by atoms with E-state index in [0.717, 1.165) is 20.3 Å². The SMILES string of the molecule is CSc1nnc(Sc2ccc(CNC(C)C)cn2)s1. The normalized spacial score (nSPS) is 11.2. The smallest absolute Gasteiger partial charge is 0.181 e. The van der Waals surface area contributed by atoms with Crippen molar-refractivity contribution in [3.05, 3.63) is 23.9 Å². The van der Waals surface area contributed by atoms with Crippen LogP contribution in [0, 0.1) is 0 Å². The lowest BCUT2D eigenvalue weighted by Gasteiger charge is -2.07. The van der Waals surface area contributed by atoms with Crippen molar-refractivity contribution in [1.29, 1.82) is 0 Å². The second kappa shape index (κ2) is 7.23. The van der Waals surface area contributed by atoms with E-state index in [1.165, 1.54) is 5.56 Å². The van der Waals surface area contributed by atoms with Crippen LogP contribution in [0.1, 0.15) is 19.4 Å². The van der Waals surface area contributed by atoms with Crippen LogP contribution in [-0.2, 0) is 6.54 Å². The molecule has 0 saturated heterocycles. The van der Waals surface area contributed by atoms with Gasteiger partial charge in [0, 0.05) is 18.8 Å². The average Bonchev–Trinajstić information content (AvgIpc) is 2.85. The lowest BCUT2D eigenvalue weighted by Crippen LogP contribution is -2.21. The van der Waals surface area contributed by atoms with E-state index < -0.39 is 0 Å². The van der Waals surface area contributed by atoms with Crippen molar-refractivity contribution >= 4 is 34.9 Å². The molecule has 0 atom stereocenters. The van der Waals surface area contributed by atoms with Crippen molar-refractivity contribution < 1.29 is 0 Å². The summed E-state index contributed by atoms with van der Waals surface area (Å²) in [4.78, 5) is 4.44. The molecule has 0 aromatic carbocycles.